The molecule has 2 aromatic carbocycles. The highest BCUT2D eigenvalue weighted by Gasteiger charge is 2.13. The molecule has 6 N–H and O–H groups in total. The van der Waals surface area contributed by atoms with Gasteiger partial charge in [-0.25, -0.2) is 0 Å². The molecule has 326 valence electrons. The van der Waals surface area contributed by atoms with Crippen LogP contribution < -0.4 is 21.7 Å². The van der Waals surface area contributed by atoms with E-state index >= 15 is 0 Å². The van der Waals surface area contributed by atoms with E-state index in [0.717, 1.165) is 5.56 Å². The minimum atomic E-state index is -0.687. The van der Waals surface area contributed by atoms with E-state index in [1.54, 1.807) is 55.6 Å². The summed E-state index contributed by atoms with van der Waals surface area (Å²) < 4.78 is 42.9. The molecule has 0 aliphatic carbocycles. The molecule has 0 heterocycles. The molecule has 18 nitrogen and oxygen atoms in total. The van der Waals surface area contributed by atoms with Gasteiger partial charge in [-0.15, -0.1) is 0 Å². The van der Waals surface area contributed by atoms with E-state index in [9.17, 15) is 14.4 Å². The van der Waals surface area contributed by atoms with Crippen LogP contribution in [0.3, 0.4) is 0 Å². The van der Waals surface area contributed by atoms with Crippen molar-refractivity contribution in [3.05, 3.63) is 59.7 Å². The van der Waals surface area contributed by atoms with Gasteiger partial charge >= 0.3 is 0 Å². The number of nitrogens with two attached hydrogens (primary N) is 1. The average molecular weight is 821 g/mol. The summed E-state index contributed by atoms with van der Waals surface area (Å²) in [4.78, 5) is 36.9. The predicted octanol–water partition coefficient (Wildman–Crippen LogP) is 2.21. The summed E-state index contributed by atoms with van der Waals surface area (Å²) in [5.74, 6) is -0.695. The van der Waals surface area contributed by atoms with E-state index in [-0.39, 0.29) is 50.4 Å². The summed E-state index contributed by atoms with van der Waals surface area (Å²) in [5, 5.41) is 25.8. The molecule has 0 saturated carbocycles. The van der Waals surface area contributed by atoms with E-state index < -0.39 is 6.04 Å². The highest BCUT2D eigenvalue weighted by atomic mass is 16.6. The second-order valence-electron chi connectivity index (χ2n) is 12.6. The van der Waals surface area contributed by atoms with Gasteiger partial charge in [-0.1, -0.05) is 12.1 Å². The predicted molar refractivity (Wildman–Crippen MR) is 215 cm³/mol. The first-order chi connectivity index (χ1) is 28.4. The lowest BCUT2D eigenvalue weighted by molar-refractivity contribution is -0.123. The lowest BCUT2D eigenvalue weighted by Crippen LogP contribution is -2.43. The number of nitrogens with one attached hydrogen (secondary N) is 3. The van der Waals surface area contributed by atoms with Crippen molar-refractivity contribution in [1.29, 1.82) is 0 Å². The highest BCUT2D eigenvalue weighted by molar-refractivity contribution is 5.94. The number of hydrogen-bond donors (Lipinski definition) is 5. The molecule has 0 radical (unpaired) electrons. The van der Waals surface area contributed by atoms with E-state index in [2.05, 4.69) is 26.2 Å². The Bertz CT molecular complexity index is 1370. The van der Waals surface area contributed by atoms with Crippen molar-refractivity contribution in [2.45, 2.75) is 38.3 Å². The quantitative estimate of drug-likeness (QED) is 0.0487. The number of nitrogens with zero attached hydrogens (tertiary/aromatic N) is 2. The number of ether oxygens (including phenoxy) is 8. The van der Waals surface area contributed by atoms with Crippen LogP contribution >= 0.6 is 0 Å². The van der Waals surface area contributed by atoms with Crippen LogP contribution in [0.4, 0.5) is 11.4 Å². The zero-order valence-corrected chi connectivity index (χ0v) is 33.9. The van der Waals surface area contributed by atoms with Gasteiger partial charge in [0.05, 0.1) is 123 Å². The highest BCUT2D eigenvalue weighted by Crippen LogP contribution is 2.19. The van der Waals surface area contributed by atoms with Gasteiger partial charge in [-0.2, -0.15) is 10.2 Å². The molecule has 0 aliphatic heterocycles. The fraction of sp³-hybridized carbons (Fsp3) is 0.625. The van der Waals surface area contributed by atoms with Crippen molar-refractivity contribution in [3.63, 3.8) is 0 Å². The van der Waals surface area contributed by atoms with Crippen molar-refractivity contribution in [3.8, 4) is 0 Å². The van der Waals surface area contributed by atoms with Crippen LogP contribution in [0.15, 0.2) is 58.8 Å². The van der Waals surface area contributed by atoms with Gasteiger partial charge in [-0.05, 0) is 61.2 Å². The van der Waals surface area contributed by atoms with Crippen LogP contribution in [0.5, 0.6) is 0 Å². The molecule has 0 spiro atoms. The number of unbranched alkanes of at least 4 members (excludes halogenated alkanes) is 1. The van der Waals surface area contributed by atoms with Gasteiger partial charge in [0, 0.05) is 38.7 Å². The maximum Gasteiger partial charge on any atom is 0.251 e. The van der Waals surface area contributed by atoms with Crippen LogP contribution in [-0.4, -0.2) is 155 Å². The molecule has 0 bridgehead atoms. The Labute approximate surface area is 341 Å². The first kappa shape index (κ1) is 50.2. The standard InChI is InChI=1S/C40H64N6O12/c1-51-18-19-53-22-23-55-26-27-57-30-31-58-29-28-56-25-24-54-21-20-52-17-13-38(48)42-14-3-2-4-37(41)40(50)44-16-15-43-39(49)34-7-11-36(12-8-34)46-45-35-9-5-33(32-47)6-10-35/h5-12,37,47H,2-4,13-32,41H2,1H3,(H,42,48)(H,43,49)(H,44,50)/t37-/m0/s1. The normalized spacial score (nSPS) is 11.8. The molecule has 0 saturated heterocycles. The number of aliphatic hydroxyl groups excluding tert-OH is 1. The number of hydrogen-bond acceptors (Lipinski definition) is 15. The number of azo groups is 1. The molecule has 58 heavy (non-hydrogen) atoms. The SMILES string of the molecule is COCCOCCOCCOCCOCCOCCOCCOCCC(=O)NCCCC[C@H](N)C(=O)NCCNC(=O)c1ccc(N=Nc2ccc(CO)cc2)cc1. The first-order valence-corrected chi connectivity index (χ1v) is 19.8. The summed E-state index contributed by atoms with van der Waals surface area (Å²) in [6.07, 6.45) is 2.06. The van der Waals surface area contributed by atoms with E-state index in [1.807, 2.05) is 0 Å². The van der Waals surface area contributed by atoms with Gasteiger partial charge in [-0.3, -0.25) is 14.4 Å². The van der Waals surface area contributed by atoms with Crippen molar-refractivity contribution in [1.82, 2.24) is 16.0 Å². The van der Waals surface area contributed by atoms with Crippen molar-refractivity contribution < 1.29 is 57.4 Å². The van der Waals surface area contributed by atoms with E-state index in [0.29, 0.717) is 135 Å². The molecule has 3 amide bonds. The fourth-order valence-corrected chi connectivity index (χ4v) is 4.72. The largest absolute Gasteiger partial charge is 0.392 e. The third-order valence-corrected chi connectivity index (χ3v) is 7.98. The van der Waals surface area contributed by atoms with E-state index in [4.69, 9.17) is 48.7 Å². The van der Waals surface area contributed by atoms with Crippen molar-refractivity contribution >= 4 is 29.1 Å². The maximum absolute atomic E-state index is 12.5. The van der Waals surface area contributed by atoms with Crippen molar-refractivity contribution in [2.24, 2.45) is 16.0 Å². The third-order valence-electron chi connectivity index (χ3n) is 7.98. The minimum Gasteiger partial charge on any atom is -0.392 e. The van der Waals surface area contributed by atoms with Gasteiger partial charge in [0.2, 0.25) is 11.8 Å². The summed E-state index contributed by atoms with van der Waals surface area (Å²) >= 11 is 0. The minimum absolute atomic E-state index is 0.0369. The Morgan fingerprint density at radius 1 is 0.586 bits per heavy atom. The molecule has 0 aromatic heterocycles. The Kier molecular flexibility index (Phi) is 30.3. The second kappa shape index (κ2) is 35.0. The summed E-state index contributed by atoms with van der Waals surface area (Å²) in [6, 6.07) is 13.0. The Morgan fingerprint density at radius 2 is 1.03 bits per heavy atom. The number of methoxy groups -OCH3 is 1. The lowest BCUT2D eigenvalue weighted by Gasteiger charge is -2.13. The number of carbonyl (C=O) groups is 3. The first-order valence-electron chi connectivity index (χ1n) is 19.8. The summed E-state index contributed by atoms with van der Waals surface area (Å²) in [5.41, 5.74) is 8.48. The molecule has 0 unspecified atom stereocenters. The number of aliphatic hydroxyl groups is 1. The Balaban J connectivity index is 1.32. The smallest absolute Gasteiger partial charge is 0.251 e. The third kappa shape index (κ3) is 26.9. The van der Waals surface area contributed by atoms with Gasteiger partial charge < -0.3 is 64.7 Å². The van der Waals surface area contributed by atoms with Gasteiger partial charge in [0.1, 0.15) is 0 Å². The topological polar surface area (TPSA) is 232 Å². The number of carbonyl (C=O) groups excluding carboxylic acids is 3. The molecule has 0 aliphatic rings. The van der Waals surface area contributed by atoms with Crippen LogP contribution in [0.1, 0.15) is 41.6 Å². The van der Waals surface area contributed by atoms with Crippen LogP contribution in [0, 0.1) is 0 Å². The van der Waals surface area contributed by atoms with Gasteiger partial charge in [0.15, 0.2) is 0 Å². The maximum atomic E-state index is 12.5. The van der Waals surface area contributed by atoms with Gasteiger partial charge in [0.25, 0.3) is 5.91 Å². The monoisotopic (exact) mass is 820 g/mol. The molecular formula is C40H64N6O12. The number of benzene rings is 2. The molecule has 2 rings (SSSR count). The molecule has 18 heteroatoms. The number of rotatable bonds is 37. The zero-order chi connectivity index (χ0) is 41.7. The average Bonchev–Trinajstić information content (AvgIpc) is 3.24. The Morgan fingerprint density at radius 3 is 1.52 bits per heavy atom. The molecule has 1 atom stereocenters. The second-order valence-corrected chi connectivity index (χ2v) is 12.6. The summed E-state index contributed by atoms with van der Waals surface area (Å²) in [6.45, 7) is 7.99. The molecular weight excluding hydrogens is 756 g/mol. The lowest BCUT2D eigenvalue weighted by atomic mass is 10.1. The van der Waals surface area contributed by atoms with Crippen LogP contribution in [-0.2, 0) is 54.1 Å². The molecule has 0 fully saturated rings. The summed E-state index contributed by atoms with van der Waals surface area (Å²) in [7, 11) is 1.63. The zero-order valence-electron chi connectivity index (χ0n) is 33.9. The fourth-order valence-electron chi connectivity index (χ4n) is 4.72. The molecule has 2 aromatic rings. The Hall–Kier alpha value is -3.95. The van der Waals surface area contributed by atoms with E-state index in [1.165, 1.54) is 0 Å². The van der Waals surface area contributed by atoms with Crippen LogP contribution in [0.25, 0.3) is 0 Å². The van der Waals surface area contributed by atoms with Crippen LogP contribution in [0.2, 0.25) is 0 Å². The number of amides is 3. The van der Waals surface area contributed by atoms with Crippen molar-refractivity contribution in [2.75, 3.05) is 126 Å².